The minimum absolute atomic E-state index is 0.0205. The minimum atomic E-state index is -1.02. The van der Waals surface area contributed by atoms with Crippen LogP contribution in [-0.4, -0.2) is 208 Å². The Morgan fingerprint density at radius 1 is 0.321 bits per heavy atom. The van der Waals surface area contributed by atoms with Crippen molar-refractivity contribution in [2.75, 3.05) is 192 Å². The maximum Gasteiger partial charge on any atom is 0.221 e. The topological polar surface area (TPSA) is 179 Å². The molecule has 0 aliphatic heterocycles. The lowest BCUT2D eigenvalue weighted by molar-refractivity contribution is -0.0860. The summed E-state index contributed by atoms with van der Waals surface area (Å²) < 4.78 is 81.2. The number of aliphatic hydroxyl groups excluding tert-OH is 2. The van der Waals surface area contributed by atoms with Crippen LogP contribution in [0, 0.1) is 0 Å². The van der Waals surface area contributed by atoms with Crippen LogP contribution in [0.4, 0.5) is 0 Å². The van der Waals surface area contributed by atoms with E-state index in [4.69, 9.17) is 76.2 Å². The van der Waals surface area contributed by atoms with Gasteiger partial charge in [-0.3, -0.25) is 0 Å². The highest BCUT2D eigenvalue weighted by Crippen LogP contribution is 2.09. The number of rotatable bonds is 45. The number of benzene rings is 1. The van der Waals surface area contributed by atoms with Gasteiger partial charge in [0.05, 0.1) is 185 Å². The SMILES string of the molecule is OCCOCCOCCOCCOCCOCCOCCOCCOCCOCCOCCOCCOCCOCCOCC(O)Oc1ccccc1. The van der Waals surface area contributed by atoms with Crippen molar-refractivity contribution in [1.29, 1.82) is 0 Å². The quantitative estimate of drug-likeness (QED) is 0.0696. The number of ether oxygens (including phenoxy) is 15. The second kappa shape index (κ2) is 43.1. The van der Waals surface area contributed by atoms with E-state index in [1.807, 2.05) is 18.2 Å². The molecular formula is C36H66O17. The molecule has 0 aliphatic carbocycles. The molecule has 0 bridgehead atoms. The molecule has 1 aromatic carbocycles. The van der Waals surface area contributed by atoms with E-state index in [0.717, 1.165) is 0 Å². The van der Waals surface area contributed by atoms with Crippen LogP contribution in [0.25, 0.3) is 0 Å². The Kier molecular flexibility index (Phi) is 40.2. The summed E-state index contributed by atoms with van der Waals surface area (Å²) in [6.45, 7) is 12.8. The second-order valence-electron chi connectivity index (χ2n) is 10.6. The summed E-state index contributed by atoms with van der Waals surface area (Å²) in [6.07, 6.45) is -1.02. The van der Waals surface area contributed by atoms with Gasteiger partial charge in [-0.1, -0.05) is 18.2 Å². The predicted octanol–water partition coefficient (Wildman–Crippen LogP) is 0.609. The molecule has 1 atom stereocenters. The zero-order valence-corrected chi connectivity index (χ0v) is 31.5. The Hall–Kier alpha value is -1.62. The molecule has 0 aliphatic rings. The van der Waals surface area contributed by atoms with Gasteiger partial charge in [0.25, 0.3) is 0 Å². The number of hydrogen-bond donors (Lipinski definition) is 2. The van der Waals surface area contributed by atoms with Crippen molar-refractivity contribution in [2.45, 2.75) is 6.29 Å². The maximum absolute atomic E-state index is 9.79. The van der Waals surface area contributed by atoms with Crippen molar-refractivity contribution >= 4 is 0 Å². The molecule has 0 fully saturated rings. The molecule has 0 radical (unpaired) electrons. The lowest BCUT2D eigenvalue weighted by Crippen LogP contribution is -2.23. The fourth-order valence-electron chi connectivity index (χ4n) is 3.80. The Morgan fingerprint density at radius 3 is 0.792 bits per heavy atom. The lowest BCUT2D eigenvalue weighted by atomic mass is 10.3. The summed E-state index contributed by atoms with van der Waals surface area (Å²) in [5.74, 6) is 0.589. The molecule has 0 amide bonds. The normalized spacial score (nSPS) is 12.1. The molecule has 0 saturated heterocycles. The molecule has 53 heavy (non-hydrogen) atoms. The molecule has 1 aromatic rings. The Bertz CT molecular complexity index is 813. The van der Waals surface area contributed by atoms with Gasteiger partial charge in [0.1, 0.15) is 12.4 Å². The van der Waals surface area contributed by atoms with Crippen LogP contribution in [0.1, 0.15) is 0 Å². The van der Waals surface area contributed by atoms with Crippen LogP contribution in [0.5, 0.6) is 5.75 Å². The molecule has 312 valence electrons. The maximum atomic E-state index is 9.79. The van der Waals surface area contributed by atoms with Crippen molar-refractivity contribution < 1.29 is 81.3 Å². The average Bonchev–Trinajstić information content (AvgIpc) is 3.17. The van der Waals surface area contributed by atoms with Gasteiger partial charge in [-0.05, 0) is 12.1 Å². The highest BCUT2D eigenvalue weighted by Gasteiger charge is 2.05. The first-order valence-corrected chi connectivity index (χ1v) is 18.4. The van der Waals surface area contributed by atoms with Gasteiger partial charge >= 0.3 is 0 Å². The third-order valence-corrected chi connectivity index (χ3v) is 6.35. The molecule has 0 aromatic heterocycles. The van der Waals surface area contributed by atoms with Crippen molar-refractivity contribution in [1.82, 2.24) is 0 Å². The van der Waals surface area contributed by atoms with Crippen molar-refractivity contribution in [3.05, 3.63) is 30.3 Å². The first kappa shape index (κ1) is 49.4. The molecule has 0 saturated carbocycles. The number of hydrogen-bond acceptors (Lipinski definition) is 17. The highest BCUT2D eigenvalue weighted by molar-refractivity contribution is 5.20. The molecular weight excluding hydrogens is 704 g/mol. The predicted molar refractivity (Wildman–Crippen MR) is 192 cm³/mol. The molecule has 17 nitrogen and oxygen atoms in total. The Labute approximate surface area is 315 Å². The Balaban J connectivity index is 1.62. The molecule has 2 N–H and O–H groups in total. The highest BCUT2D eigenvalue weighted by atomic mass is 16.6. The zero-order valence-electron chi connectivity index (χ0n) is 31.5. The molecule has 1 rings (SSSR count). The van der Waals surface area contributed by atoms with Gasteiger partial charge in [0.2, 0.25) is 6.29 Å². The van der Waals surface area contributed by atoms with Crippen molar-refractivity contribution in [2.24, 2.45) is 0 Å². The van der Waals surface area contributed by atoms with E-state index in [0.29, 0.717) is 184 Å². The standard InChI is InChI=1S/C36H66O17/c37-6-7-39-8-9-40-10-11-41-12-13-42-14-15-43-16-17-44-18-19-45-20-21-46-22-23-47-24-25-48-26-27-49-28-29-50-30-31-51-32-33-52-34-36(38)53-35-4-2-1-3-5-35/h1-5,36-38H,6-34H2. The molecule has 0 spiro atoms. The minimum Gasteiger partial charge on any atom is -0.463 e. The van der Waals surface area contributed by atoms with E-state index in [2.05, 4.69) is 0 Å². The van der Waals surface area contributed by atoms with E-state index < -0.39 is 6.29 Å². The van der Waals surface area contributed by atoms with Gasteiger partial charge in [0, 0.05) is 0 Å². The lowest BCUT2D eigenvalue weighted by Gasteiger charge is -2.13. The van der Waals surface area contributed by atoms with Gasteiger partial charge in [-0.25, -0.2) is 0 Å². The second-order valence-corrected chi connectivity index (χ2v) is 10.6. The smallest absolute Gasteiger partial charge is 0.221 e. The molecule has 1 unspecified atom stereocenters. The summed E-state index contributed by atoms with van der Waals surface area (Å²) >= 11 is 0. The van der Waals surface area contributed by atoms with E-state index in [1.165, 1.54) is 0 Å². The van der Waals surface area contributed by atoms with E-state index in [1.54, 1.807) is 12.1 Å². The van der Waals surface area contributed by atoms with Crippen LogP contribution in [0.15, 0.2) is 30.3 Å². The average molecular weight is 771 g/mol. The number of aliphatic hydroxyl groups is 2. The summed E-state index contributed by atoms with van der Waals surface area (Å²) in [7, 11) is 0. The van der Waals surface area contributed by atoms with Crippen LogP contribution in [0.2, 0.25) is 0 Å². The van der Waals surface area contributed by atoms with Gasteiger partial charge < -0.3 is 81.3 Å². The molecule has 0 heterocycles. The van der Waals surface area contributed by atoms with Crippen molar-refractivity contribution in [3.63, 3.8) is 0 Å². The molecule has 17 heteroatoms. The largest absolute Gasteiger partial charge is 0.463 e. The third-order valence-electron chi connectivity index (χ3n) is 6.35. The van der Waals surface area contributed by atoms with Crippen LogP contribution < -0.4 is 4.74 Å². The fourth-order valence-corrected chi connectivity index (χ4v) is 3.80. The summed E-state index contributed by atoms with van der Waals surface area (Å²) in [5, 5.41) is 18.4. The van der Waals surface area contributed by atoms with Gasteiger partial charge in [0.15, 0.2) is 0 Å². The summed E-state index contributed by atoms with van der Waals surface area (Å²) in [6, 6.07) is 9.08. The fraction of sp³-hybridized carbons (Fsp3) is 0.833. The van der Waals surface area contributed by atoms with E-state index >= 15 is 0 Å². The number of para-hydroxylation sites is 1. The van der Waals surface area contributed by atoms with E-state index in [-0.39, 0.29) is 13.2 Å². The van der Waals surface area contributed by atoms with Crippen LogP contribution >= 0.6 is 0 Å². The monoisotopic (exact) mass is 770 g/mol. The third kappa shape index (κ3) is 39.9. The zero-order chi connectivity index (χ0) is 37.8. The van der Waals surface area contributed by atoms with Gasteiger partial charge in [-0.15, -0.1) is 0 Å². The summed E-state index contributed by atoms with van der Waals surface area (Å²) in [5.41, 5.74) is 0. The van der Waals surface area contributed by atoms with Crippen LogP contribution in [0.3, 0.4) is 0 Å². The van der Waals surface area contributed by atoms with E-state index in [9.17, 15) is 5.11 Å². The first-order chi connectivity index (χ1) is 26.3. The van der Waals surface area contributed by atoms with Crippen molar-refractivity contribution in [3.8, 4) is 5.75 Å². The Morgan fingerprint density at radius 2 is 0.547 bits per heavy atom. The van der Waals surface area contributed by atoms with Gasteiger partial charge in [-0.2, -0.15) is 0 Å². The first-order valence-electron chi connectivity index (χ1n) is 18.4. The summed E-state index contributed by atoms with van der Waals surface area (Å²) in [4.78, 5) is 0. The van der Waals surface area contributed by atoms with Crippen LogP contribution in [-0.2, 0) is 66.3 Å².